The smallest absolute Gasteiger partial charge is 0.112 e. The summed E-state index contributed by atoms with van der Waals surface area (Å²) in [6.45, 7) is 11.2. The molecule has 0 saturated carbocycles. The molecule has 0 radical (unpaired) electrons. The van der Waals surface area contributed by atoms with E-state index in [0.29, 0.717) is 12.0 Å². The molecule has 1 heterocycles. The first-order valence-electron chi connectivity index (χ1n) is 5.67. The summed E-state index contributed by atoms with van der Waals surface area (Å²) in [6, 6.07) is 0.513. The molecule has 0 aromatic carbocycles. The molecule has 2 atom stereocenters. The molecule has 3 heteroatoms. The summed E-state index contributed by atoms with van der Waals surface area (Å²) in [7, 11) is 0. The first-order chi connectivity index (χ1) is 6.99. The zero-order valence-electron chi connectivity index (χ0n) is 10.4. The van der Waals surface area contributed by atoms with Crippen molar-refractivity contribution >= 4 is 11.3 Å². The molecule has 2 unspecified atom stereocenters. The van der Waals surface area contributed by atoms with Crippen LogP contribution in [0.15, 0.2) is 11.6 Å². The van der Waals surface area contributed by atoms with Crippen molar-refractivity contribution in [1.82, 2.24) is 10.3 Å². The maximum Gasteiger partial charge on any atom is 0.112 e. The van der Waals surface area contributed by atoms with Crippen LogP contribution in [0.1, 0.15) is 46.0 Å². The van der Waals surface area contributed by atoms with Crippen LogP contribution in [0.5, 0.6) is 0 Å². The lowest BCUT2D eigenvalue weighted by Crippen LogP contribution is -2.46. The van der Waals surface area contributed by atoms with Gasteiger partial charge in [-0.3, -0.25) is 0 Å². The first-order valence-corrected chi connectivity index (χ1v) is 6.55. The molecule has 0 fully saturated rings. The van der Waals surface area contributed by atoms with Gasteiger partial charge in [0.2, 0.25) is 0 Å². The molecular formula is C12H22N2S. The summed E-state index contributed by atoms with van der Waals surface area (Å²) in [5.74, 6) is 0.649. The van der Waals surface area contributed by atoms with Crippen LogP contribution in [0.25, 0.3) is 0 Å². The molecule has 1 aromatic rings. The quantitative estimate of drug-likeness (QED) is 0.832. The van der Waals surface area contributed by atoms with E-state index < -0.39 is 0 Å². The van der Waals surface area contributed by atoms with E-state index in [9.17, 15) is 0 Å². The average Bonchev–Trinajstić information content (AvgIpc) is 2.70. The Labute approximate surface area is 97.1 Å². The SMILES string of the molecule is CCC(C)(NC(C)C(C)C)c1nccs1. The van der Waals surface area contributed by atoms with E-state index in [4.69, 9.17) is 0 Å². The van der Waals surface area contributed by atoms with Crippen molar-refractivity contribution < 1.29 is 0 Å². The van der Waals surface area contributed by atoms with Crippen LogP contribution >= 0.6 is 11.3 Å². The fraction of sp³-hybridized carbons (Fsp3) is 0.750. The van der Waals surface area contributed by atoms with E-state index in [0.717, 1.165) is 6.42 Å². The van der Waals surface area contributed by atoms with Gasteiger partial charge in [0.05, 0.1) is 5.54 Å². The third-order valence-electron chi connectivity index (χ3n) is 3.16. The predicted octanol–water partition coefficient (Wildman–Crippen LogP) is 3.40. The topological polar surface area (TPSA) is 24.9 Å². The van der Waals surface area contributed by atoms with E-state index >= 15 is 0 Å². The summed E-state index contributed by atoms with van der Waals surface area (Å²) >= 11 is 1.73. The van der Waals surface area contributed by atoms with Crippen molar-refractivity contribution in [3.05, 3.63) is 16.6 Å². The summed E-state index contributed by atoms with van der Waals surface area (Å²) in [6.07, 6.45) is 2.95. The molecule has 86 valence electrons. The van der Waals surface area contributed by atoms with E-state index in [-0.39, 0.29) is 5.54 Å². The number of aromatic nitrogens is 1. The molecule has 1 rings (SSSR count). The lowest BCUT2D eigenvalue weighted by atomic mass is 9.95. The molecular weight excluding hydrogens is 204 g/mol. The van der Waals surface area contributed by atoms with Crippen LogP contribution in [0.4, 0.5) is 0 Å². The highest BCUT2D eigenvalue weighted by atomic mass is 32.1. The van der Waals surface area contributed by atoms with Gasteiger partial charge in [0.1, 0.15) is 5.01 Å². The van der Waals surface area contributed by atoms with E-state index in [1.165, 1.54) is 5.01 Å². The first kappa shape index (κ1) is 12.7. The number of hydrogen-bond donors (Lipinski definition) is 1. The Morgan fingerprint density at radius 1 is 1.47 bits per heavy atom. The highest BCUT2D eigenvalue weighted by molar-refractivity contribution is 7.09. The van der Waals surface area contributed by atoms with Crippen LogP contribution in [-0.4, -0.2) is 11.0 Å². The summed E-state index contributed by atoms with van der Waals surface area (Å²) in [5.41, 5.74) is 0.0256. The second kappa shape index (κ2) is 5.08. The minimum absolute atomic E-state index is 0.0256. The molecule has 0 saturated heterocycles. The van der Waals surface area contributed by atoms with Crippen molar-refractivity contribution in [2.24, 2.45) is 5.92 Å². The van der Waals surface area contributed by atoms with E-state index in [1.54, 1.807) is 11.3 Å². The van der Waals surface area contributed by atoms with Crippen molar-refractivity contribution in [1.29, 1.82) is 0 Å². The highest BCUT2D eigenvalue weighted by Crippen LogP contribution is 2.27. The lowest BCUT2D eigenvalue weighted by molar-refractivity contribution is 0.275. The molecule has 0 spiro atoms. The number of rotatable bonds is 5. The monoisotopic (exact) mass is 226 g/mol. The minimum Gasteiger partial charge on any atom is -0.303 e. The zero-order valence-corrected chi connectivity index (χ0v) is 11.2. The van der Waals surface area contributed by atoms with Crippen LogP contribution in [0.2, 0.25) is 0 Å². The Morgan fingerprint density at radius 2 is 2.13 bits per heavy atom. The maximum atomic E-state index is 4.43. The lowest BCUT2D eigenvalue weighted by Gasteiger charge is -2.33. The van der Waals surface area contributed by atoms with Gasteiger partial charge in [0.25, 0.3) is 0 Å². The third-order valence-corrected chi connectivity index (χ3v) is 4.19. The Balaban J connectivity index is 2.78. The highest BCUT2D eigenvalue weighted by Gasteiger charge is 2.29. The Morgan fingerprint density at radius 3 is 2.53 bits per heavy atom. The normalized spacial score (nSPS) is 17.7. The Hall–Kier alpha value is -0.410. The molecule has 0 aliphatic carbocycles. The summed E-state index contributed by atoms with van der Waals surface area (Å²) in [5, 5.41) is 6.93. The predicted molar refractivity (Wildman–Crippen MR) is 67.2 cm³/mol. The third kappa shape index (κ3) is 3.02. The fourth-order valence-corrected chi connectivity index (χ4v) is 2.32. The Kier molecular flexibility index (Phi) is 4.29. The molecule has 1 aromatic heterocycles. The van der Waals surface area contributed by atoms with Gasteiger partial charge in [-0.2, -0.15) is 0 Å². The second-order valence-electron chi connectivity index (χ2n) is 4.70. The van der Waals surface area contributed by atoms with Gasteiger partial charge >= 0.3 is 0 Å². The summed E-state index contributed by atoms with van der Waals surface area (Å²) in [4.78, 5) is 4.43. The number of hydrogen-bond acceptors (Lipinski definition) is 3. The van der Waals surface area contributed by atoms with Crippen LogP contribution in [0, 0.1) is 5.92 Å². The van der Waals surface area contributed by atoms with Crippen LogP contribution in [-0.2, 0) is 5.54 Å². The largest absolute Gasteiger partial charge is 0.303 e. The van der Waals surface area contributed by atoms with Gasteiger partial charge in [-0.1, -0.05) is 20.8 Å². The van der Waals surface area contributed by atoms with Crippen molar-refractivity contribution in [3.63, 3.8) is 0 Å². The average molecular weight is 226 g/mol. The standard InChI is InChI=1S/C12H22N2S/c1-6-12(5,11-13-7-8-15-11)14-10(4)9(2)3/h7-10,14H,6H2,1-5H3. The van der Waals surface area contributed by atoms with Crippen molar-refractivity contribution in [2.75, 3.05) is 0 Å². The maximum absolute atomic E-state index is 4.43. The van der Waals surface area contributed by atoms with Crippen molar-refractivity contribution in [2.45, 2.75) is 52.6 Å². The fourth-order valence-electron chi connectivity index (χ4n) is 1.48. The minimum atomic E-state index is 0.0256. The van der Waals surface area contributed by atoms with E-state index in [1.807, 2.05) is 11.6 Å². The molecule has 0 aliphatic rings. The van der Waals surface area contributed by atoms with Gasteiger partial charge in [-0.05, 0) is 26.2 Å². The van der Waals surface area contributed by atoms with Gasteiger partial charge < -0.3 is 5.32 Å². The molecule has 0 bridgehead atoms. The van der Waals surface area contributed by atoms with Gasteiger partial charge in [-0.25, -0.2) is 4.98 Å². The van der Waals surface area contributed by atoms with Crippen molar-refractivity contribution in [3.8, 4) is 0 Å². The number of thiazole rings is 1. The summed E-state index contributed by atoms with van der Waals surface area (Å²) < 4.78 is 0. The number of nitrogens with zero attached hydrogens (tertiary/aromatic N) is 1. The molecule has 0 amide bonds. The van der Waals surface area contributed by atoms with Crippen LogP contribution in [0.3, 0.4) is 0 Å². The second-order valence-corrected chi connectivity index (χ2v) is 5.59. The molecule has 0 aliphatic heterocycles. The zero-order chi connectivity index (χ0) is 11.5. The Bertz CT molecular complexity index is 282. The molecule has 1 N–H and O–H groups in total. The molecule has 2 nitrogen and oxygen atoms in total. The van der Waals surface area contributed by atoms with Crippen LogP contribution < -0.4 is 5.32 Å². The van der Waals surface area contributed by atoms with E-state index in [2.05, 4.69) is 44.9 Å². The number of nitrogens with one attached hydrogen (secondary N) is 1. The van der Waals surface area contributed by atoms with Gasteiger partial charge in [-0.15, -0.1) is 11.3 Å². The van der Waals surface area contributed by atoms with Gasteiger partial charge in [0, 0.05) is 17.6 Å². The molecule has 15 heavy (non-hydrogen) atoms. The van der Waals surface area contributed by atoms with Gasteiger partial charge in [0.15, 0.2) is 0 Å².